The van der Waals surface area contributed by atoms with Gasteiger partial charge in [0.15, 0.2) is 11.5 Å². The summed E-state index contributed by atoms with van der Waals surface area (Å²) in [6.45, 7) is -0.00980. The van der Waals surface area contributed by atoms with Gasteiger partial charge in [0.25, 0.3) is 5.69 Å². The third-order valence-corrected chi connectivity index (χ3v) is 5.33. The maximum Gasteiger partial charge on any atom is 0.323 e. The second kappa shape index (κ2) is 11.0. The molecule has 0 aliphatic carbocycles. The number of rotatable bonds is 10. The predicted octanol–water partition coefficient (Wildman–Crippen LogP) is 3.37. The molecule has 34 heavy (non-hydrogen) atoms. The van der Waals surface area contributed by atoms with Crippen LogP contribution in [0, 0.1) is 21.4 Å². The minimum Gasteiger partial charge on any atom is -0.493 e. The number of para-hydroxylation sites is 1. The zero-order valence-corrected chi connectivity index (χ0v) is 19.0. The highest BCUT2D eigenvalue weighted by Gasteiger charge is 2.22. The summed E-state index contributed by atoms with van der Waals surface area (Å²) in [6, 6.07) is 11.7. The average molecular weight is 464 g/mol. The van der Waals surface area contributed by atoms with Crippen molar-refractivity contribution in [2.75, 3.05) is 27.9 Å². The number of esters is 1. The van der Waals surface area contributed by atoms with E-state index >= 15 is 0 Å². The number of fused-ring (bicyclic) bond motifs is 1. The van der Waals surface area contributed by atoms with Crippen molar-refractivity contribution in [2.45, 2.75) is 12.5 Å². The lowest BCUT2D eigenvalue weighted by atomic mass is 10.0. The number of aromatic amines is 1. The number of hydrogen-bond acceptors (Lipinski definition) is 8. The van der Waals surface area contributed by atoms with Crippen molar-refractivity contribution >= 4 is 28.6 Å². The summed E-state index contributed by atoms with van der Waals surface area (Å²) in [7, 11) is 4.08. The van der Waals surface area contributed by atoms with E-state index < -0.39 is 16.9 Å². The number of nitrogens with one attached hydrogen (secondary N) is 2. The molecule has 3 rings (SSSR count). The van der Waals surface area contributed by atoms with Gasteiger partial charge in [-0.25, -0.2) is 0 Å². The Hall–Kier alpha value is -4.36. The van der Waals surface area contributed by atoms with E-state index in [1.807, 2.05) is 36.5 Å². The fraction of sp³-hybridized carbons (Fsp3) is 0.250. The lowest BCUT2D eigenvalue weighted by Gasteiger charge is -2.16. The molecule has 10 heteroatoms. The maximum atomic E-state index is 12.4. The van der Waals surface area contributed by atoms with Crippen LogP contribution in [0.2, 0.25) is 0 Å². The zero-order chi connectivity index (χ0) is 24.7. The van der Waals surface area contributed by atoms with Crippen LogP contribution < -0.4 is 14.8 Å². The molecule has 0 bridgehead atoms. The van der Waals surface area contributed by atoms with Gasteiger partial charge in [-0.2, -0.15) is 5.26 Å². The minimum atomic E-state index is -0.735. The topological polar surface area (TPSA) is 140 Å². The Morgan fingerprint density at radius 2 is 1.94 bits per heavy atom. The second-order valence-corrected chi connectivity index (χ2v) is 7.32. The van der Waals surface area contributed by atoms with E-state index in [1.165, 1.54) is 39.5 Å². The summed E-state index contributed by atoms with van der Waals surface area (Å²) >= 11 is 0. The molecule has 176 valence electrons. The Balaban J connectivity index is 1.86. The first kappa shape index (κ1) is 24.3. The molecule has 0 saturated carbocycles. The number of hydrogen-bond donors (Lipinski definition) is 2. The second-order valence-electron chi connectivity index (χ2n) is 7.32. The van der Waals surface area contributed by atoms with Gasteiger partial charge < -0.3 is 19.2 Å². The molecule has 0 saturated heterocycles. The molecule has 0 radical (unpaired) electrons. The summed E-state index contributed by atoms with van der Waals surface area (Å²) in [5, 5.41) is 25.2. The van der Waals surface area contributed by atoms with Crippen LogP contribution in [0.4, 0.5) is 5.69 Å². The molecule has 1 atom stereocenters. The molecule has 2 aromatic carbocycles. The monoisotopic (exact) mass is 464 g/mol. The molecule has 0 amide bonds. The fourth-order valence-corrected chi connectivity index (χ4v) is 3.60. The fourth-order valence-electron chi connectivity index (χ4n) is 3.60. The number of carbonyl (C=O) groups excluding carboxylic acids is 1. The number of H-pyrrole nitrogens is 1. The van der Waals surface area contributed by atoms with E-state index in [-0.39, 0.29) is 34.9 Å². The normalized spacial score (nSPS) is 12.1. The number of ether oxygens (including phenoxy) is 3. The lowest BCUT2D eigenvalue weighted by molar-refractivity contribution is -0.385. The van der Waals surface area contributed by atoms with Crippen LogP contribution in [0.5, 0.6) is 11.5 Å². The van der Waals surface area contributed by atoms with E-state index in [2.05, 4.69) is 10.3 Å². The number of methoxy groups -OCH3 is 3. The molecule has 0 unspecified atom stereocenters. The number of nitro benzene ring substituents is 1. The smallest absolute Gasteiger partial charge is 0.323 e. The summed E-state index contributed by atoms with van der Waals surface area (Å²) in [5.41, 5.74) is 1.97. The zero-order valence-electron chi connectivity index (χ0n) is 19.0. The molecule has 10 nitrogen and oxygen atoms in total. The minimum absolute atomic E-state index is 0.00980. The van der Waals surface area contributed by atoms with Crippen LogP contribution in [0.3, 0.4) is 0 Å². The number of nitrogens with zero attached hydrogens (tertiary/aromatic N) is 2. The summed E-state index contributed by atoms with van der Waals surface area (Å²) in [6.07, 6.45) is 3.54. The van der Waals surface area contributed by atoms with E-state index in [0.717, 1.165) is 16.5 Å². The van der Waals surface area contributed by atoms with Crippen molar-refractivity contribution in [3.05, 3.63) is 69.4 Å². The third-order valence-electron chi connectivity index (χ3n) is 5.33. The Kier molecular flexibility index (Phi) is 7.84. The average Bonchev–Trinajstić information content (AvgIpc) is 3.27. The molecule has 3 aromatic rings. The number of nitro groups is 1. The predicted molar refractivity (Wildman–Crippen MR) is 126 cm³/mol. The van der Waals surface area contributed by atoms with Crippen molar-refractivity contribution in [1.29, 1.82) is 5.26 Å². The molecular formula is C24H24N4O6. The van der Waals surface area contributed by atoms with E-state index in [4.69, 9.17) is 14.2 Å². The molecule has 2 N–H and O–H groups in total. The van der Waals surface area contributed by atoms with Crippen LogP contribution in [-0.2, 0) is 16.0 Å². The number of carbonyl (C=O) groups is 1. The van der Waals surface area contributed by atoms with Crippen molar-refractivity contribution < 1.29 is 23.9 Å². The van der Waals surface area contributed by atoms with Crippen molar-refractivity contribution in [3.8, 4) is 17.6 Å². The largest absolute Gasteiger partial charge is 0.493 e. The van der Waals surface area contributed by atoms with Gasteiger partial charge in [0.2, 0.25) is 0 Å². The first-order valence-electron chi connectivity index (χ1n) is 10.3. The Morgan fingerprint density at radius 3 is 2.59 bits per heavy atom. The maximum absolute atomic E-state index is 12.4. The van der Waals surface area contributed by atoms with Crippen LogP contribution >= 0.6 is 0 Å². The van der Waals surface area contributed by atoms with Gasteiger partial charge in [-0.3, -0.25) is 20.2 Å². The highest BCUT2D eigenvalue weighted by Crippen LogP contribution is 2.35. The van der Waals surface area contributed by atoms with Gasteiger partial charge in [0.05, 0.1) is 44.0 Å². The highest BCUT2D eigenvalue weighted by atomic mass is 16.6. The van der Waals surface area contributed by atoms with Gasteiger partial charge >= 0.3 is 5.97 Å². The quantitative estimate of drug-likeness (QED) is 0.201. The Labute approximate surface area is 195 Å². The van der Waals surface area contributed by atoms with E-state index in [9.17, 15) is 20.2 Å². The molecule has 0 aliphatic rings. The first-order valence-corrected chi connectivity index (χ1v) is 10.3. The molecule has 0 spiro atoms. The number of benzene rings is 2. The van der Waals surface area contributed by atoms with Gasteiger partial charge in [0.1, 0.15) is 6.04 Å². The lowest BCUT2D eigenvalue weighted by Crippen LogP contribution is -2.40. The summed E-state index contributed by atoms with van der Waals surface area (Å²) in [5.74, 6) is 0.00325. The molecule has 0 aliphatic heterocycles. The standard InChI is InChI=1S/C24H24N4O6/c1-32-22-10-16(21(28(30)31)11-23(22)33-2)8-15(12-25)13-26-20(24(29)34-3)9-17-14-27-19-7-5-4-6-18(17)19/h4-8,10-11,14,20,26-27H,9,13H2,1-3H3/b15-8+/t20-/m0/s1. The van der Waals surface area contributed by atoms with Crippen LogP contribution in [-0.4, -0.2) is 49.8 Å². The Morgan fingerprint density at radius 1 is 1.24 bits per heavy atom. The number of aromatic nitrogens is 1. The van der Waals surface area contributed by atoms with Crippen molar-refractivity contribution in [1.82, 2.24) is 10.3 Å². The highest BCUT2D eigenvalue weighted by molar-refractivity contribution is 5.84. The van der Waals surface area contributed by atoms with Gasteiger partial charge in [-0.05, 0) is 23.8 Å². The van der Waals surface area contributed by atoms with Crippen LogP contribution in [0.1, 0.15) is 11.1 Å². The summed E-state index contributed by atoms with van der Waals surface area (Å²) in [4.78, 5) is 26.6. The SMILES string of the molecule is COC(=O)[C@H](Cc1c[nH]c2ccccc12)NC/C(C#N)=C/c1cc(OC)c(OC)cc1[N+](=O)[O-]. The molecule has 1 aromatic heterocycles. The first-order chi connectivity index (χ1) is 16.4. The Bertz CT molecular complexity index is 1270. The molecule has 0 fully saturated rings. The molecule has 1 heterocycles. The van der Waals surface area contributed by atoms with Crippen molar-refractivity contribution in [2.24, 2.45) is 0 Å². The number of nitriles is 1. The third kappa shape index (κ3) is 5.33. The van der Waals surface area contributed by atoms with Gasteiger partial charge in [-0.1, -0.05) is 18.2 Å². The van der Waals surface area contributed by atoms with E-state index in [0.29, 0.717) is 6.42 Å². The van der Waals surface area contributed by atoms with Gasteiger partial charge in [-0.15, -0.1) is 0 Å². The van der Waals surface area contributed by atoms with E-state index in [1.54, 1.807) is 0 Å². The molecular weight excluding hydrogens is 440 g/mol. The van der Waals surface area contributed by atoms with Crippen molar-refractivity contribution in [3.63, 3.8) is 0 Å². The van der Waals surface area contributed by atoms with Crippen LogP contribution in [0.15, 0.2) is 48.2 Å². The van der Waals surface area contributed by atoms with Gasteiger partial charge in [0, 0.05) is 35.6 Å². The summed E-state index contributed by atoms with van der Waals surface area (Å²) < 4.78 is 15.3. The van der Waals surface area contributed by atoms with Crippen LogP contribution in [0.25, 0.3) is 17.0 Å².